The van der Waals surface area contributed by atoms with Crippen molar-refractivity contribution in [2.45, 2.75) is 11.1 Å². The topological polar surface area (TPSA) is 72.2 Å². The third-order valence-corrected chi connectivity index (χ3v) is 5.11. The maximum Gasteiger partial charge on any atom is 0.271 e. The first-order valence-electron chi connectivity index (χ1n) is 5.03. The minimum Gasteiger partial charge on any atom is -0.397 e. The number of thiophene rings is 1. The van der Waals surface area contributed by atoms with Gasteiger partial charge in [-0.2, -0.15) is 0 Å². The quantitative estimate of drug-likeness (QED) is 0.852. The van der Waals surface area contributed by atoms with Crippen molar-refractivity contribution < 1.29 is 12.8 Å². The highest BCUT2D eigenvalue weighted by Gasteiger charge is 2.19. The molecule has 0 aliphatic rings. The Morgan fingerprint density at radius 3 is 2.56 bits per heavy atom. The molecule has 0 fully saturated rings. The minimum atomic E-state index is -3.79. The van der Waals surface area contributed by atoms with Crippen LogP contribution in [-0.2, 0) is 10.0 Å². The first-order chi connectivity index (χ1) is 8.40. The van der Waals surface area contributed by atoms with E-state index in [9.17, 15) is 12.8 Å². The lowest BCUT2D eigenvalue weighted by molar-refractivity contribution is 0.600. The normalized spacial score (nSPS) is 11.4. The van der Waals surface area contributed by atoms with Gasteiger partial charge in [0.05, 0.1) is 5.69 Å². The van der Waals surface area contributed by atoms with Crippen LogP contribution >= 0.6 is 11.3 Å². The molecule has 0 aliphatic carbocycles. The van der Waals surface area contributed by atoms with Crippen LogP contribution in [0.2, 0.25) is 0 Å². The Morgan fingerprint density at radius 2 is 2.00 bits per heavy atom. The van der Waals surface area contributed by atoms with E-state index in [1.165, 1.54) is 18.2 Å². The Labute approximate surface area is 108 Å². The summed E-state index contributed by atoms with van der Waals surface area (Å²) in [4.78, 5) is 0.858. The molecule has 0 bridgehead atoms. The highest BCUT2D eigenvalue weighted by atomic mass is 32.2. The van der Waals surface area contributed by atoms with Crippen LogP contribution < -0.4 is 10.5 Å². The van der Waals surface area contributed by atoms with Gasteiger partial charge in [0.25, 0.3) is 10.0 Å². The van der Waals surface area contributed by atoms with E-state index in [0.29, 0.717) is 0 Å². The van der Waals surface area contributed by atoms with Gasteiger partial charge in [-0.05, 0) is 31.2 Å². The third kappa shape index (κ3) is 2.46. The lowest BCUT2D eigenvalue weighted by atomic mass is 10.3. The second kappa shape index (κ2) is 4.58. The van der Waals surface area contributed by atoms with E-state index in [1.54, 1.807) is 13.0 Å². The SMILES string of the molecule is Cc1ccc(S(=O)(=O)Nc2c(N)cccc2F)s1. The van der Waals surface area contributed by atoms with Gasteiger partial charge < -0.3 is 5.73 Å². The molecule has 3 N–H and O–H groups in total. The molecule has 7 heteroatoms. The molecule has 1 aromatic carbocycles. The van der Waals surface area contributed by atoms with Gasteiger partial charge in [0, 0.05) is 4.88 Å². The summed E-state index contributed by atoms with van der Waals surface area (Å²) in [6, 6.07) is 7.15. The Morgan fingerprint density at radius 1 is 1.28 bits per heavy atom. The first kappa shape index (κ1) is 12.8. The number of hydrogen-bond donors (Lipinski definition) is 2. The molecule has 0 saturated carbocycles. The monoisotopic (exact) mass is 286 g/mol. The van der Waals surface area contributed by atoms with Crippen LogP contribution in [0.25, 0.3) is 0 Å². The van der Waals surface area contributed by atoms with Crippen molar-refractivity contribution in [1.82, 2.24) is 0 Å². The molecule has 0 unspecified atom stereocenters. The van der Waals surface area contributed by atoms with Crippen molar-refractivity contribution >= 4 is 32.7 Å². The van der Waals surface area contributed by atoms with Crippen molar-refractivity contribution in [3.8, 4) is 0 Å². The summed E-state index contributed by atoms with van der Waals surface area (Å²) >= 11 is 1.11. The number of nitrogen functional groups attached to an aromatic ring is 1. The summed E-state index contributed by atoms with van der Waals surface area (Å²) in [7, 11) is -3.79. The Balaban J connectivity index is 2.40. The van der Waals surface area contributed by atoms with Gasteiger partial charge in [-0.25, -0.2) is 12.8 Å². The van der Waals surface area contributed by atoms with Gasteiger partial charge in [0.2, 0.25) is 0 Å². The molecule has 18 heavy (non-hydrogen) atoms. The molecule has 1 aromatic heterocycles. The van der Waals surface area contributed by atoms with Crippen molar-refractivity contribution in [1.29, 1.82) is 0 Å². The molecule has 0 spiro atoms. The predicted octanol–water partition coefficient (Wildman–Crippen LogP) is 2.58. The summed E-state index contributed by atoms with van der Waals surface area (Å²) in [6.45, 7) is 1.79. The van der Waals surface area contributed by atoms with E-state index >= 15 is 0 Å². The molecule has 4 nitrogen and oxygen atoms in total. The molecule has 2 rings (SSSR count). The third-order valence-electron chi connectivity index (χ3n) is 2.26. The fourth-order valence-corrected chi connectivity index (χ4v) is 3.77. The van der Waals surface area contributed by atoms with Crippen LogP contribution in [0.15, 0.2) is 34.5 Å². The maximum absolute atomic E-state index is 13.5. The van der Waals surface area contributed by atoms with Gasteiger partial charge >= 0.3 is 0 Å². The van der Waals surface area contributed by atoms with Gasteiger partial charge in [-0.3, -0.25) is 4.72 Å². The Hall–Kier alpha value is -1.60. The number of benzene rings is 1. The van der Waals surface area contributed by atoms with Gasteiger partial charge in [0.1, 0.15) is 15.7 Å². The molecule has 0 amide bonds. The summed E-state index contributed by atoms with van der Waals surface area (Å²) in [6.07, 6.45) is 0. The van der Waals surface area contributed by atoms with Crippen molar-refractivity contribution in [2.24, 2.45) is 0 Å². The maximum atomic E-state index is 13.5. The van der Waals surface area contributed by atoms with Crippen molar-refractivity contribution in [2.75, 3.05) is 10.5 Å². The zero-order valence-electron chi connectivity index (χ0n) is 9.48. The highest BCUT2D eigenvalue weighted by molar-refractivity contribution is 7.94. The smallest absolute Gasteiger partial charge is 0.271 e. The molecule has 2 aromatic rings. The number of sulfonamides is 1. The number of rotatable bonds is 3. The molecule has 0 atom stereocenters. The molecular formula is C11H11FN2O2S2. The van der Waals surface area contributed by atoms with E-state index in [-0.39, 0.29) is 15.6 Å². The van der Waals surface area contributed by atoms with Gasteiger partial charge in [0.15, 0.2) is 0 Å². The summed E-state index contributed by atoms with van der Waals surface area (Å²) in [5.74, 6) is -0.702. The number of hydrogen-bond acceptors (Lipinski definition) is 4. The van der Waals surface area contributed by atoms with Crippen LogP contribution in [0.4, 0.5) is 15.8 Å². The zero-order valence-corrected chi connectivity index (χ0v) is 11.1. The summed E-state index contributed by atoms with van der Waals surface area (Å²) in [5, 5.41) is 0. The average molecular weight is 286 g/mol. The number of para-hydroxylation sites is 1. The summed E-state index contributed by atoms with van der Waals surface area (Å²) < 4.78 is 39.8. The van der Waals surface area contributed by atoms with Crippen molar-refractivity contribution in [3.63, 3.8) is 0 Å². The van der Waals surface area contributed by atoms with Crippen LogP contribution in [0, 0.1) is 12.7 Å². The average Bonchev–Trinajstić information content (AvgIpc) is 2.71. The highest BCUT2D eigenvalue weighted by Crippen LogP contribution is 2.27. The van der Waals surface area contributed by atoms with Gasteiger partial charge in [-0.15, -0.1) is 11.3 Å². The summed E-state index contributed by atoms with van der Waals surface area (Å²) in [5.41, 5.74) is 5.38. The molecule has 0 aliphatic heterocycles. The zero-order chi connectivity index (χ0) is 13.3. The lowest BCUT2D eigenvalue weighted by Crippen LogP contribution is -2.14. The van der Waals surface area contributed by atoms with E-state index in [2.05, 4.69) is 4.72 Å². The number of nitrogens with two attached hydrogens (primary N) is 1. The second-order valence-electron chi connectivity index (χ2n) is 3.67. The Bertz CT molecular complexity index is 660. The number of anilines is 2. The van der Waals surface area contributed by atoms with Crippen molar-refractivity contribution in [3.05, 3.63) is 41.0 Å². The first-order valence-corrected chi connectivity index (χ1v) is 7.33. The standard InChI is InChI=1S/C11H11FN2O2S2/c1-7-5-6-10(17-7)18(15,16)14-11-8(12)3-2-4-9(11)13/h2-6,14H,13H2,1H3. The predicted molar refractivity (Wildman–Crippen MR) is 70.7 cm³/mol. The Kier molecular flexibility index (Phi) is 3.27. The van der Waals surface area contributed by atoms with E-state index in [0.717, 1.165) is 22.3 Å². The minimum absolute atomic E-state index is 0.0480. The molecular weight excluding hydrogens is 275 g/mol. The van der Waals surface area contributed by atoms with Crippen LogP contribution in [-0.4, -0.2) is 8.42 Å². The number of halogens is 1. The van der Waals surface area contributed by atoms with E-state index in [1.807, 2.05) is 0 Å². The number of nitrogens with one attached hydrogen (secondary N) is 1. The van der Waals surface area contributed by atoms with E-state index < -0.39 is 15.8 Å². The largest absolute Gasteiger partial charge is 0.397 e. The molecule has 0 saturated heterocycles. The fraction of sp³-hybridized carbons (Fsp3) is 0.0909. The second-order valence-corrected chi connectivity index (χ2v) is 6.87. The fourth-order valence-electron chi connectivity index (χ4n) is 1.39. The molecule has 0 radical (unpaired) electrons. The van der Waals surface area contributed by atoms with Gasteiger partial charge in [-0.1, -0.05) is 6.07 Å². The van der Waals surface area contributed by atoms with Crippen LogP contribution in [0.1, 0.15) is 4.88 Å². The number of aryl methyl sites for hydroxylation is 1. The van der Waals surface area contributed by atoms with E-state index in [4.69, 9.17) is 5.73 Å². The lowest BCUT2D eigenvalue weighted by Gasteiger charge is -2.09. The van der Waals surface area contributed by atoms with Crippen LogP contribution in [0.3, 0.4) is 0 Å². The molecule has 96 valence electrons. The van der Waals surface area contributed by atoms with Crippen LogP contribution in [0.5, 0.6) is 0 Å². The molecule has 1 heterocycles.